The molecule has 3 aromatic heterocycles. The van der Waals surface area contributed by atoms with Gasteiger partial charge in [-0.2, -0.15) is 0 Å². The average Bonchev–Trinajstić information content (AvgIpc) is 3.92. The van der Waals surface area contributed by atoms with Gasteiger partial charge in [0.05, 0.1) is 69.5 Å². The summed E-state index contributed by atoms with van der Waals surface area (Å²) in [6, 6.07) is 9.25. The topological polar surface area (TPSA) is 234 Å². The number of halogens is 2. The SMILES string of the molecule is Cc1ncsc1-c1ccc(CNC(=O)[C@@H]2C[C@@H](O)CN2C(=O)[C@@H](NC(=O)C2(F)CC2)C(C)(C)C)c(OC2CC3(CCN(c4cnc(C(=O)Nc5cccc(Sc6cnc(N7CCC(C)(CN)CC7)cn6)c5Cl)nc4)CC3)C2)c1. The lowest BCUT2D eigenvalue weighted by molar-refractivity contribution is -0.145. The van der Waals surface area contributed by atoms with E-state index in [2.05, 4.69) is 57.6 Å². The van der Waals surface area contributed by atoms with E-state index in [-0.39, 0.29) is 55.1 Å². The van der Waals surface area contributed by atoms with E-state index in [4.69, 9.17) is 22.1 Å². The van der Waals surface area contributed by atoms with Crippen LogP contribution in [0.4, 0.5) is 21.6 Å². The molecule has 5 aromatic rings. The van der Waals surface area contributed by atoms with Crippen molar-refractivity contribution in [2.75, 3.05) is 54.4 Å². The number of thiazole rings is 1. The van der Waals surface area contributed by atoms with E-state index in [0.29, 0.717) is 32.9 Å². The van der Waals surface area contributed by atoms with Gasteiger partial charge in [-0.15, -0.1) is 11.3 Å². The molecule has 414 valence electrons. The lowest BCUT2D eigenvalue weighted by Crippen LogP contribution is -2.59. The number of carbonyl (C=O) groups is 4. The zero-order chi connectivity index (χ0) is 55.1. The maximum absolute atomic E-state index is 14.7. The van der Waals surface area contributed by atoms with Crippen LogP contribution in [0.15, 0.2) is 76.6 Å². The van der Waals surface area contributed by atoms with Crippen molar-refractivity contribution < 1.29 is 33.4 Å². The first-order valence-electron chi connectivity index (χ1n) is 26.8. The summed E-state index contributed by atoms with van der Waals surface area (Å²) < 4.78 is 21.5. The highest BCUT2D eigenvalue weighted by Gasteiger charge is 2.54. The first-order chi connectivity index (χ1) is 37.2. The molecule has 10 rings (SSSR count). The fourth-order valence-corrected chi connectivity index (χ4v) is 12.8. The van der Waals surface area contributed by atoms with E-state index in [1.54, 1.807) is 51.6 Å². The molecule has 1 spiro atoms. The monoisotopic (exact) mass is 1120 g/mol. The number of hydrogen-bond donors (Lipinski definition) is 5. The molecule has 3 saturated heterocycles. The molecular weight excluding hydrogens is 1060 g/mol. The fourth-order valence-electron chi connectivity index (χ4n) is 10.9. The summed E-state index contributed by atoms with van der Waals surface area (Å²) in [5, 5.41) is 20.3. The van der Waals surface area contributed by atoms with E-state index in [1.165, 1.54) is 28.0 Å². The maximum atomic E-state index is 14.7. The van der Waals surface area contributed by atoms with Crippen molar-refractivity contribution in [3.05, 3.63) is 88.8 Å². The smallest absolute Gasteiger partial charge is 0.293 e. The molecule has 0 radical (unpaired) electrons. The second-order valence-electron chi connectivity index (χ2n) is 23.2. The zero-order valence-corrected chi connectivity index (χ0v) is 47.1. The molecule has 6 N–H and O–H groups in total. The molecule has 5 fully saturated rings. The summed E-state index contributed by atoms with van der Waals surface area (Å²) >= 11 is 9.73. The summed E-state index contributed by atoms with van der Waals surface area (Å²) in [4.78, 5) is 84.4. The zero-order valence-electron chi connectivity index (χ0n) is 44.7. The molecule has 5 aliphatic rings. The number of aromatic nitrogens is 5. The van der Waals surface area contributed by atoms with E-state index in [9.17, 15) is 28.7 Å². The number of rotatable bonds is 16. The molecule has 4 amide bonds. The predicted octanol–water partition coefficient (Wildman–Crippen LogP) is 7.76. The Morgan fingerprint density at radius 3 is 2.31 bits per heavy atom. The molecule has 2 aliphatic carbocycles. The lowest BCUT2D eigenvalue weighted by Gasteiger charge is -2.52. The normalized spacial score (nSPS) is 20.9. The number of anilines is 3. The first-order valence-corrected chi connectivity index (χ1v) is 28.9. The minimum Gasteiger partial charge on any atom is -0.490 e. The number of likely N-dealkylation sites (tertiary alicyclic amines) is 1. The number of aryl methyl sites for hydroxylation is 1. The molecule has 2 aromatic carbocycles. The van der Waals surface area contributed by atoms with Crippen LogP contribution < -0.4 is 36.2 Å². The van der Waals surface area contributed by atoms with Crippen LogP contribution in [0, 0.1) is 23.2 Å². The van der Waals surface area contributed by atoms with Crippen LogP contribution in [0.1, 0.15) is 107 Å². The molecule has 0 unspecified atom stereocenters. The Morgan fingerprint density at radius 2 is 1.67 bits per heavy atom. The van der Waals surface area contributed by atoms with Crippen molar-refractivity contribution in [1.82, 2.24) is 40.5 Å². The van der Waals surface area contributed by atoms with E-state index in [1.807, 2.05) is 42.8 Å². The van der Waals surface area contributed by atoms with Gasteiger partial charge in [-0.1, -0.05) is 69.3 Å². The van der Waals surface area contributed by atoms with Gasteiger partial charge in [-0.05, 0) is 105 Å². The van der Waals surface area contributed by atoms with Gasteiger partial charge in [0, 0.05) is 56.1 Å². The van der Waals surface area contributed by atoms with Gasteiger partial charge >= 0.3 is 0 Å². The number of β-amino-alcohol motifs (C(OH)–C–C–N with tert-alkyl or cyclic N) is 1. The van der Waals surface area contributed by atoms with E-state index >= 15 is 0 Å². The highest BCUT2D eigenvalue weighted by Crippen LogP contribution is 2.51. The molecule has 2 saturated carbocycles. The number of carbonyl (C=O) groups excluding carboxylic acids is 4. The summed E-state index contributed by atoms with van der Waals surface area (Å²) in [7, 11) is 0. The number of amides is 4. The van der Waals surface area contributed by atoms with Gasteiger partial charge in [0.1, 0.15) is 28.7 Å². The van der Waals surface area contributed by atoms with Gasteiger partial charge in [0.2, 0.25) is 17.6 Å². The number of alkyl halides is 1. The Hall–Kier alpha value is -6.00. The lowest BCUT2D eigenvalue weighted by atomic mass is 9.61. The average molecular weight is 1120 g/mol. The number of nitrogens with one attached hydrogen (secondary N) is 3. The third kappa shape index (κ3) is 12.1. The molecule has 6 heterocycles. The highest BCUT2D eigenvalue weighted by atomic mass is 35.5. The second kappa shape index (κ2) is 22.3. The number of nitrogens with two attached hydrogens (primary N) is 1. The molecule has 78 heavy (non-hydrogen) atoms. The number of aliphatic hydroxyl groups is 1. The van der Waals surface area contributed by atoms with Crippen LogP contribution in [0.5, 0.6) is 5.75 Å². The molecule has 22 heteroatoms. The summed E-state index contributed by atoms with van der Waals surface area (Å²) in [5.74, 6) is -0.806. The van der Waals surface area contributed by atoms with Crippen LogP contribution in [0.25, 0.3) is 10.4 Å². The van der Waals surface area contributed by atoms with Gasteiger partial charge < -0.3 is 46.2 Å². The number of hydrogen-bond acceptors (Lipinski definition) is 16. The maximum Gasteiger partial charge on any atom is 0.293 e. The van der Waals surface area contributed by atoms with Crippen molar-refractivity contribution >= 4 is 75.5 Å². The molecule has 0 bridgehead atoms. The predicted molar refractivity (Wildman–Crippen MR) is 298 cm³/mol. The van der Waals surface area contributed by atoms with Crippen LogP contribution >= 0.6 is 34.7 Å². The van der Waals surface area contributed by atoms with Crippen LogP contribution in [-0.2, 0) is 20.9 Å². The van der Waals surface area contributed by atoms with Crippen LogP contribution in [0.3, 0.4) is 0 Å². The van der Waals surface area contributed by atoms with Crippen LogP contribution in [0.2, 0.25) is 5.02 Å². The number of piperidine rings is 2. The van der Waals surface area contributed by atoms with Gasteiger partial charge in [0.15, 0.2) is 5.67 Å². The number of benzene rings is 2. The van der Waals surface area contributed by atoms with Crippen LogP contribution in [-0.4, -0.2) is 128 Å². The fraction of sp³-hybridized carbons (Fsp3) is 0.518. The van der Waals surface area contributed by atoms with E-state index < -0.39 is 52.9 Å². The highest BCUT2D eigenvalue weighted by molar-refractivity contribution is 7.99. The Balaban J connectivity index is 0.724. The Morgan fingerprint density at radius 1 is 0.949 bits per heavy atom. The largest absolute Gasteiger partial charge is 0.490 e. The minimum atomic E-state index is -1.98. The number of aliphatic hydroxyl groups excluding tert-OH is 1. The quantitative estimate of drug-likeness (QED) is 0.0635. The Labute approximate surface area is 467 Å². The summed E-state index contributed by atoms with van der Waals surface area (Å²) in [6.07, 6.45) is 11.7. The second-order valence-corrected chi connectivity index (χ2v) is 25.5. The van der Waals surface area contributed by atoms with Crippen molar-refractivity contribution in [1.29, 1.82) is 0 Å². The third-order valence-electron chi connectivity index (χ3n) is 16.4. The molecule has 3 atom stereocenters. The number of ether oxygens (including phenoxy) is 1. The van der Waals surface area contributed by atoms with Crippen molar-refractivity contribution in [2.45, 2.75) is 139 Å². The molecular formula is C56H68ClFN12O6S2. The van der Waals surface area contributed by atoms with Crippen molar-refractivity contribution in [3.8, 4) is 16.2 Å². The summed E-state index contributed by atoms with van der Waals surface area (Å²) in [5.41, 5.74) is 9.15. The van der Waals surface area contributed by atoms with E-state index in [0.717, 1.165) is 97.9 Å². The first kappa shape index (κ1) is 55.3. The van der Waals surface area contributed by atoms with Crippen molar-refractivity contribution in [3.63, 3.8) is 0 Å². The Kier molecular flexibility index (Phi) is 15.8. The van der Waals surface area contributed by atoms with Crippen molar-refractivity contribution in [2.24, 2.45) is 22.0 Å². The third-order valence-corrected chi connectivity index (χ3v) is 18.8. The van der Waals surface area contributed by atoms with Gasteiger partial charge in [-0.3, -0.25) is 19.2 Å². The van der Waals surface area contributed by atoms with Gasteiger partial charge in [-0.25, -0.2) is 29.3 Å². The molecule has 18 nitrogen and oxygen atoms in total. The minimum absolute atomic E-state index is 0.0208. The summed E-state index contributed by atoms with van der Waals surface area (Å²) in [6.45, 7) is 13.5. The van der Waals surface area contributed by atoms with Gasteiger partial charge in [0.25, 0.3) is 11.8 Å². The molecule has 3 aliphatic heterocycles. The Bertz CT molecular complexity index is 3020. The standard InChI is InChI=1S/C56H68ClFN12O6S2/c1-33-46(77-32-65-33)34-9-10-35(25-64-49(72)40-22-37(71)30-70(40)51(74)47(53(2,3)4)67-52(75)56(58)11-12-56)41(21-34)76-38-23-55(24-38)15-19-68(20-16-55)36-26-62-48(63-27-36)50(73)66-39-7-6-8-42(45(39)57)78-44-29-60-43(28-61-44)69-17-13-54(5,31-59)14-18-69/h6-10,21,26-29,32,37-38,40,47,71H,11-20,22-25,30-31,59H2,1-5H3,(H,64,72)(H,66,73)(H,67,75)/t37-,40+,47-/m1/s1. The number of nitrogens with zero attached hydrogens (tertiary/aromatic N) is 8.